The molecule has 0 saturated carbocycles. The second-order valence-electron chi connectivity index (χ2n) is 2.39. The Bertz CT molecular complexity index is 335. The van der Waals surface area contributed by atoms with Crippen LogP contribution in [-0.2, 0) is 0 Å². The molecule has 0 radical (unpaired) electrons. The Kier molecular flexibility index (Phi) is 5.58. The van der Waals surface area contributed by atoms with Crippen LogP contribution in [0.25, 0.3) is 0 Å². The molecule has 0 unspecified atom stereocenters. The van der Waals surface area contributed by atoms with Gasteiger partial charge in [-0.25, -0.2) is 4.79 Å². The molecule has 78 valence electrons. The number of halogens is 2. The number of carboxylic acids is 1. The van der Waals surface area contributed by atoms with Gasteiger partial charge in [-0.2, -0.15) is 0 Å². The summed E-state index contributed by atoms with van der Waals surface area (Å²) in [5, 5.41) is 9.30. The van der Waals surface area contributed by atoms with Crippen LogP contribution >= 0.6 is 23.2 Å². The van der Waals surface area contributed by atoms with Crippen LogP contribution < -0.4 is 0 Å². The Hall–Kier alpha value is -0.730. The van der Waals surface area contributed by atoms with Gasteiger partial charge in [-0.15, -0.1) is 0 Å². The summed E-state index contributed by atoms with van der Waals surface area (Å²) in [5.41, 5.74) is 0.711. The number of benzene rings is 1. The number of hydrogen-bond donors (Lipinski definition) is 1. The summed E-state index contributed by atoms with van der Waals surface area (Å²) in [4.78, 5) is 10.6. The summed E-state index contributed by atoms with van der Waals surface area (Å²) in [6.07, 6.45) is 0. The van der Waals surface area contributed by atoms with Crippen LogP contribution in [0.5, 0.6) is 0 Å². The van der Waals surface area contributed by atoms with Crippen LogP contribution in [0.1, 0.15) is 29.8 Å². The van der Waals surface area contributed by atoms with E-state index in [1.54, 1.807) is 13.0 Å². The highest BCUT2D eigenvalue weighted by atomic mass is 35.5. The van der Waals surface area contributed by atoms with Crippen LogP contribution in [0, 0.1) is 6.92 Å². The van der Waals surface area contributed by atoms with Crippen molar-refractivity contribution in [3.63, 3.8) is 0 Å². The maximum Gasteiger partial charge on any atom is 0.337 e. The lowest BCUT2D eigenvalue weighted by Gasteiger charge is -2.02. The maximum atomic E-state index is 10.6. The van der Waals surface area contributed by atoms with E-state index in [9.17, 15) is 4.79 Å². The van der Waals surface area contributed by atoms with E-state index in [1.807, 2.05) is 13.8 Å². The number of hydrogen-bond acceptors (Lipinski definition) is 1. The van der Waals surface area contributed by atoms with Gasteiger partial charge in [-0.3, -0.25) is 0 Å². The van der Waals surface area contributed by atoms with E-state index < -0.39 is 5.97 Å². The highest BCUT2D eigenvalue weighted by molar-refractivity contribution is 6.36. The number of aryl methyl sites for hydroxylation is 1. The zero-order valence-corrected chi connectivity index (χ0v) is 9.78. The summed E-state index contributed by atoms with van der Waals surface area (Å²) in [6, 6.07) is 2.95. The topological polar surface area (TPSA) is 37.3 Å². The number of carboxylic acid groups (broad SMARTS) is 1. The lowest BCUT2D eigenvalue weighted by Crippen LogP contribution is -1.98. The van der Waals surface area contributed by atoms with Gasteiger partial charge in [0.15, 0.2) is 0 Å². The SMILES string of the molecule is CC.Cc1cc(Cl)cc(C(=O)O)c1Cl. The van der Waals surface area contributed by atoms with Crippen molar-refractivity contribution >= 4 is 29.2 Å². The van der Waals surface area contributed by atoms with Crippen molar-refractivity contribution in [2.45, 2.75) is 20.8 Å². The van der Waals surface area contributed by atoms with Crippen molar-refractivity contribution in [1.29, 1.82) is 0 Å². The van der Waals surface area contributed by atoms with E-state index in [0.29, 0.717) is 10.6 Å². The molecule has 0 saturated heterocycles. The Labute approximate surface area is 93.5 Å². The van der Waals surface area contributed by atoms with Gasteiger partial charge in [0.05, 0.1) is 10.6 Å². The number of rotatable bonds is 1. The first-order valence-electron chi connectivity index (χ1n) is 4.21. The molecule has 0 aliphatic heterocycles. The quantitative estimate of drug-likeness (QED) is 0.797. The summed E-state index contributed by atoms with van der Waals surface area (Å²) in [5.74, 6) is -1.06. The molecule has 0 aromatic heterocycles. The average molecular weight is 235 g/mol. The molecule has 4 heteroatoms. The highest BCUT2D eigenvalue weighted by Crippen LogP contribution is 2.24. The van der Waals surface area contributed by atoms with Crippen LogP contribution in [0.4, 0.5) is 0 Å². The molecule has 0 spiro atoms. The van der Waals surface area contributed by atoms with Gasteiger partial charge in [0, 0.05) is 5.02 Å². The third-order valence-electron chi connectivity index (χ3n) is 1.45. The third kappa shape index (κ3) is 3.20. The van der Waals surface area contributed by atoms with Gasteiger partial charge < -0.3 is 5.11 Å². The molecule has 1 aromatic rings. The molecule has 14 heavy (non-hydrogen) atoms. The molecule has 0 aliphatic rings. The van der Waals surface area contributed by atoms with E-state index in [-0.39, 0.29) is 10.6 Å². The summed E-state index contributed by atoms with van der Waals surface area (Å²) >= 11 is 11.4. The van der Waals surface area contributed by atoms with Gasteiger partial charge in [0.1, 0.15) is 0 Å². The minimum Gasteiger partial charge on any atom is -0.478 e. The van der Waals surface area contributed by atoms with E-state index in [2.05, 4.69) is 0 Å². The van der Waals surface area contributed by atoms with Crippen LogP contribution in [-0.4, -0.2) is 11.1 Å². The molecule has 2 nitrogen and oxygen atoms in total. The molecule has 0 amide bonds. The lowest BCUT2D eigenvalue weighted by atomic mass is 10.1. The van der Waals surface area contributed by atoms with E-state index in [4.69, 9.17) is 28.3 Å². The van der Waals surface area contributed by atoms with Crippen molar-refractivity contribution in [1.82, 2.24) is 0 Å². The minimum atomic E-state index is -1.06. The molecule has 0 heterocycles. The largest absolute Gasteiger partial charge is 0.478 e. The summed E-state index contributed by atoms with van der Waals surface area (Å²) in [7, 11) is 0. The first-order chi connectivity index (χ1) is 6.52. The van der Waals surface area contributed by atoms with Crippen molar-refractivity contribution in [2.24, 2.45) is 0 Å². The highest BCUT2D eigenvalue weighted by Gasteiger charge is 2.11. The normalized spacial score (nSPS) is 8.93. The molecular formula is C10H12Cl2O2. The average Bonchev–Trinajstić information content (AvgIpc) is 2.14. The third-order valence-corrected chi connectivity index (χ3v) is 2.17. The zero-order valence-electron chi connectivity index (χ0n) is 8.27. The zero-order chi connectivity index (χ0) is 11.3. The second kappa shape index (κ2) is 5.89. The predicted molar refractivity (Wildman–Crippen MR) is 59.5 cm³/mol. The Morgan fingerprint density at radius 3 is 2.21 bits per heavy atom. The van der Waals surface area contributed by atoms with E-state index >= 15 is 0 Å². The smallest absolute Gasteiger partial charge is 0.337 e. The first kappa shape index (κ1) is 13.3. The Morgan fingerprint density at radius 1 is 1.29 bits per heavy atom. The van der Waals surface area contributed by atoms with Gasteiger partial charge in [0.2, 0.25) is 0 Å². The maximum absolute atomic E-state index is 10.6. The van der Waals surface area contributed by atoms with Crippen molar-refractivity contribution in [3.05, 3.63) is 33.3 Å². The number of aromatic carboxylic acids is 1. The fraction of sp³-hybridized carbons (Fsp3) is 0.300. The lowest BCUT2D eigenvalue weighted by molar-refractivity contribution is 0.0697. The predicted octanol–water partition coefficient (Wildman–Crippen LogP) is 4.03. The van der Waals surface area contributed by atoms with Crippen molar-refractivity contribution < 1.29 is 9.90 Å². The van der Waals surface area contributed by atoms with Crippen LogP contribution in [0.15, 0.2) is 12.1 Å². The monoisotopic (exact) mass is 234 g/mol. The number of carbonyl (C=O) groups is 1. The summed E-state index contributed by atoms with van der Waals surface area (Å²) in [6.45, 7) is 5.71. The Balaban J connectivity index is 0.000000791. The van der Waals surface area contributed by atoms with Gasteiger partial charge in [-0.05, 0) is 24.6 Å². The van der Waals surface area contributed by atoms with Crippen LogP contribution in [0.3, 0.4) is 0 Å². The van der Waals surface area contributed by atoms with Crippen LogP contribution in [0.2, 0.25) is 10.0 Å². The van der Waals surface area contributed by atoms with Gasteiger partial charge in [-0.1, -0.05) is 37.0 Å². The molecule has 1 N–H and O–H groups in total. The molecule has 0 bridgehead atoms. The minimum absolute atomic E-state index is 0.0432. The molecular weight excluding hydrogens is 223 g/mol. The van der Waals surface area contributed by atoms with E-state index in [0.717, 1.165) is 0 Å². The molecule has 0 atom stereocenters. The Morgan fingerprint density at radius 2 is 1.79 bits per heavy atom. The van der Waals surface area contributed by atoms with Gasteiger partial charge in [0.25, 0.3) is 0 Å². The molecule has 0 aliphatic carbocycles. The molecule has 1 aromatic carbocycles. The van der Waals surface area contributed by atoms with Crippen molar-refractivity contribution in [2.75, 3.05) is 0 Å². The first-order valence-corrected chi connectivity index (χ1v) is 4.97. The molecule has 1 rings (SSSR count). The van der Waals surface area contributed by atoms with Crippen molar-refractivity contribution in [3.8, 4) is 0 Å². The fourth-order valence-electron chi connectivity index (χ4n) is 0.881. The second-order valence-corrected chi connectivity index (χ2v) is 3.20. The van der Waals surface area contributed by atoms with Gasteiger partial charge >= 0.3 is 5.97 Å². The summed E-state index contributed by atoms with van der Waals surface area (Å²) < 4.78 is 0. The van der Waals surface area contributed by atoms with E-state index in [1.165, 1.54) is 6.07 Å². The fourth-order valence-corrected chi connectivity index (χ4v) is 1.34. The standard InChI is InChI=1S/C8H6Cl2O2.C2H6/c1-4-2-5(9)3-6(7(4)10)8(11)12;1-2/h2-3H,1H3,(H,11,12);1-2H3. The molecule has 0 fully saturated rings.